The quantitative estimate of drug-likeness (QED) is 0.730. The summed E-state index contributed by atoms with van der Waals surface area (Å²) in [5.74, 6) is 0.975. The van der Waals surface area contributed by atoms with E-state index in [-0.39, 0.29) is 5.54 Å². The van der Waals surface area contributed by atoms with Gasteiger partial charge < -0.3 is 9.73 Å². The molecule has 0 spiro atoms. The maximum atomic E-state index is 6.09. The Morgan fingerprint density at radius 2 is 1.71 bits per heavy atom. The van der Waals surface area contributed by atoms with E-state index in [1.54, 1.807) is 0 Å². The normalized spacial score (nSPS) is 12.0. The van der Waals surface area contributed by atoms with Crippen LogP contribution < -0.4 is 5.32 Å². The van der Waals surface area contributed by atoms with Crippen molar-refractivity contribution in [3.8, 4) is 11.1 Å². The van der Waals surface area contributed by atoms with Crippen LogP contribution in [-0.2, 0) is 6.54 Å². The van der Waals surface area contributed by atoms with E-state index in [1.807, 2.05) is 6.07 Å². The van der Waals surface area contributed by atoms with Crippen LogP contribution in [0.25, 0.3) is 22.1 Å². The van der Waals surface area contributed by atoms with E-state index in [4.69, 9.17) is 4.42 Å². The number of benzene rings is 2. The van der Waals surface area contributed by atoms with E-state index >= 15 is 0 Å². The zero-order valence-corrected chi connectivity index (χ0v) is 12.8. The summed E-state index contributed by atoms with van der Waals surface area (Å²) in [6, 6.07) is 18.8. The van der Waals surface area contributed by atoms with Gasteiger partial charge in [0.1, 0.15) is 11.3 Å². The summed E-state index contributed by atoms with van der Waals surface area (Å²) in [6.07, 6.45) is 0. The van der Waals surface area contributed by atoms with Crippen LogP contribution in [0, 0.1) is 0 Å². The van der Waals surface area contributed by atoms with E-state index in [0.717, 1.165) is 28.8 Å². The maximum Gasteiger partial charge on any atom is 0.142 e. The van der Waals surface area contributed by atoms with Crippen LogP contribution >= 0.6 is 0 Å². The second kappa shape index (κ2) is 5.38. The molecule has 2 aromatic carbocycles. The molecule has 0 radical (unpaired) electrons. The van der Waals surface area contributed by atoms with E-state index < -0.39 is 0 Å². The molecule has 0 aliphatic heterocycles. The molecule has 0 saturated heterocycles. The van der Waals surface area contributed by atoms with Crippen molar-refractivity contribution in [1.29, 1.82) is 0 Å². The lowest BCUT2D eigenvalue weighted by Gasteiger charge is -2.19. The molecule has 0 unspecified atom stereocenters. The Hall–Kier alpha value is -2.06. The lowest BCUT2D eigenvalue weighted by atomic mass is 10.0. The smallest absolute Gasteiger partial charge is 0.142 e. The minimum Gasteiger partial charge on any atom is -0.459 e. The molecule has 1 aromatic heterocycles. The summed E-state index contributed by atoms with van der Waals surface area (Å²) < 4.78 is 6.09. The number of hydrogen-bond donors (Lipinski definition) is 1. The van der Waals surface area contributed by atoms with Crippen molar-refractivity contribution >= 4 is 11.0 Å². The first-order chi connectivity index (χ1) is 10.0. The first-order valence-corrected chi connectivity index (χ1v) is 7.35. The average molecular weight is 279 g/mol. The monoisotopic (exact) mass is 279 g/mol. The number of nitrogens with one attached hydrogen (secondary N) is 1. The Morgan fingerprint density at radius 1 is 0.952 bits per heavy atom. The maximum absolute atomic E-state index is 6.09. The molecule has 1 heterocycles. The van der Waals surface area contributed by atoms with Crippen molar-refractivity contribution in [1.82, 2.24) is 5.32 Å². The Balaban J connectivity index is 1.98. The van der Waals surface area contributed by atoms with Crippen LogP contribution in [0.15, 0.2) is 59.0 Å². The SMILES string of the molecule is CC(C)(C)NCc1cc2cccc(-c3ccccc3)c2o1. The second-order valence-corrected chi connectivity index (χ2v) is 6.41. The number of fused-ring (bicyclic) bond motifs is 1. The lowest BCUT2D eigenvalue weighted by Crippen LogP contribution is -2.34. The zero-order chi connectivity index (χ0) is 14.9. The van der Waals surface area contributed by atoms with E-state index in [0.29, 0.717) is 0 Å². The molecule has 2 heteroatoms. The minimum atomic E-state index is 0.0846. The third-order valence-corrected chi connectivity index (χ3v) is 3.47. The summed E-state index contributed by atoms with van der Waals surface area (Å²) in [5.41, 5.74) is 3.39. The van der Waals surface area contributed by atoms with Crippen LogP contribution in [0.3, 0.4) is 0 Å². The van der Waals surface area contributed by atoms with Crippen molar-refractivity contribution < 1.29 is 4.42 Å². The summed E-state index contributed by atoms with van der Waals surface area (Å²) in [4.78, 5) is 0. The molecule has 0 aliphatic rings. The predicted octanol–water partition coefficient (Wildman–Crippen LogP) is 4.99. The molecule has 3 aromatic rings. The van der Waals surface area contributed by atoms with Gasteiger partial charge in [-0.05, 0) is 32.4 Å². The molecular weight excluding hydrogens is 258 g/mol. The van der Waals surface area contributed by atoms with Crippen LogP contribution in [0.5, 0.6) is 0 Å². The first-order valence-electron chi connectivity index (χ1n) is 7.35. The molecule has 0 aliphatic carbocycles. The van der Waals surface area contributed by atoms with Gasteiger partial charge in [-0.3, -0.25) is 0 Å². The molecule has 0 fully saturated rings. The summed E-state index contributed by atoms with van der Waals surface area (Å²) in [7, 11) is 0. The number of rotatable bonds is 3. The molecule has 0 atom stereocenters. The van der Waals surface area contributed by atoms with Gasteiger partial charge in [0.2, 0.25) is 0 Å². The Labute approximate surface area is 125 Å². The van der Waals surface area contributed by atoms with Crippen LogP contribution in [0.1, 0.15) is 26.5 Å². The van der Waals surface area contributed by atoms with Crippen LogP contribution in [0.4, 0.5) is 0 Å². The zero-order valence-electron chi connectivity index (χ0n) is 12.8. The Kier molecular flexibility index (Phi) is 3.56. The summed E-state index contributed by atoms with van der Waals surface area (Å²) in [6.45, 7) is 7.22. The van der Waals surface area contributed by atoms with Gasteiger partial charge in [0.05, 0.1) is 6.54 Å². The largest absolute Gasteiger partial charge is 0.459 e. The molecule has 0 amide bonds. The molecule has 1 N–H and O–H groups in total. The van der Waals surface area contributed by atoms with Gasteiger partial charge >= 0.3 is 0 Å². The van der Waals surface area contributed by atoms with Crippen molar-refractivity contribution in [2.45, 2.75) is 32.9 Å². The molecule has 0 bridgehead atoms. The molecule has 2 nitrogen and oxygen atoms in total. The Morgan fingerprint density at radius 3 is 2.43 bits per heavy atom. The number of furan rings is 1. The van der Waals surface area contributed by atoms with Crippen molar-refractivity contribution in [2.75, 3.05) is 0 Å². The highest BCUT2D eigenvalue weighted by Gasteiger charge is 2.13. The van der Waals surface area contributed by atoms with Crippen molar-refractivity contribution in [2.24, 2.45) is 0 Å². The van der Waals surface area contributed by atoms with Crippen LogP contribution in [-0.4, -0.2) is 5.54 Å². The topological polar surface area (TPSA) is 25.2 Å². The fraction of sp³-hybridized carbons (Fsp3) is 0.263. The van der Waals surface area contributed by atoms with Gasteiger partial charge in [-0.1, -0.05) is 48.5 Å². The van der Waals surface area contributed by atoms with Crippen molar-refractivity contribution in [3.05, 3.63) is 60.4 Å². The number of hydrogen-bond acceptors (Lipinski definition) is 2. The highest BCUT2D eigenvalue weighted by Crippen LogP contribution is 2.30. The van der Waals surface area contributed by atoms with Crippen molar-refractivity contribution in [3.63, 3.8) is 0 Å². The highest BCUT2D eigenvalue weighted by molar-refractivity contribution is 5.92. The fourth-order valence-electron chi connectivity index (χ4n) is 2.40. The second-order valence-electron chi connectivity index (χ2n) is 6.41. The summed E-state index contributed by atoms with van der Waals surface area (Å²) >= 11 is 0. The highest BCUT2D eigenvalue weighted by atomic mass is 16.3. The third-order valence-electron chi connectivity index (χ3n) is 3.47. The number of para-hydroxylation sites is 1. The van der Waals surface area contributed by atoms with Gasteiger partial charge in [0.15, 0.2) is 0 Å². The average Bonchev–Trinajstić information content (AvgIpc) is 2.88. The van der Waals surface area contributed by atoms with Gasteiger partial charge in [0.25, 0.3) is 0 Å². The predicted molar refractivity (Wildman–Crippen MR) is 88.2 cm³/mol. The first kappa shape index (κ1) is 13.9. The van der Waals surface area contributed by atoms with Gasteiger partial charge in [-0.2, -0.15) is 0 Å². The molecule has 0 saturated carbocycles. The molecule has 108 valence electrons. The van der Waals surface area contributed by atoms with Gasteiger partial charge in [-0.25, -0.2) is 0 Å². The molecular formula is C19H21NO. The molecule has 21 heavy (non-hydrogen) atoms. The fourth-order valence-corrected chi connectivity index (χ4v) is 2.40. The Bertz CT molecular complexity index is 735. The van der Waals surface area contributed by atoms with E-state index in [1.165, 1.54) is 5.56 Å². The standard InChI is InChI=1S/C19H21NO/c1-19(2,3)20-13-16-12-15-10-7-11-17(18(15)21-16)14-8-5-4-6-9-14/h4-12,20H,13H2,1-3H3. The molecule has 3 rings (SSSR count). The van der Waals surface area contributed by atoms with Gasteiger partial charge in [0, 0.05) is 16.5 Å². The van der Waals surface area contributed by atoms with E-state index in [2.05, 4.69) is 74.6 Å². The summed E-state index contributed by atoms with van der Waals surface area (Å²) in [5, 5.41) is 4.62. The van der Waals surface area contributed by atoms with E-state index in [9.17, 15) is 0 Å². The van der Waals surface area contributed by atoms with Gasteiger partial charge in [-0.15, -0.1) is 0 Å². The third kappa shape index (κ3) is 3.17. The lowest BCUT2D eigenvalue weighted by molar-refractivity contribution is 0.395. The van der Waals surface area contributed by atoms with Crippen LogP contribution in [0.2, 0.25) is 0 Å². The minimum absolute atomic E-state index is 0.0846.